The topological polar surface area (TPSA) is 139 Å². The lowest BCUT2D eigenvalue weighted by Crippen LogP contribution is -2.32. The molecule has 6 rings (SSSR count). The van der Waals surface area contributed by atoms with Gasteiger partial charge in [0, 0.05) is 36.1 Å². The van der Waals surface area contributed by atoms with Gasteiger partial charge in [0.25, 0.3) is 21.5 Å². The van der Waals surface area contributed by atoms with Crippen LogP contribution in [0.2, 0.25) is 0 Å². The number of hydrogen-bond acceptors (Lipinski definition) is 8. The summed E-state index contributed by atoms with van der Waals surface area (Å²) in [6.07, 6.45) is 4.37. The minimum absolute atomic E-state index is 0.0664. The molecule has 3 aromatic carbocycles. The Labute approximate surface area is 303 Å². The predicted octanol–water partition coefficient (Wildman–Crippen LogP) is 6.08. The first kappa shape index (κ1) is 36.6. The van der Waals surface area contributed by atoms with E-state index in [1.165, 1.54) is 53.5 Å². The van der Waals surface area contributed by atoms with Crippen molar-refractivity contribution in [1.82, 2.24) is 18.8 Å². The Bertz CT molecular complexity index is 2510. The van der Waals surface area contributed by atoms with Crippen molar-refractivity contribution in [3.63, 3.8) is 0 Å². The molecule has 0 bridgehead atoms. The summed E-state index contributed by atoms with van der Waals surface area (Å²) in [5, 5.41) is 3.24. The Morgan fingerprint density at radius 3 is 2.40 bits per heavy atom. The second kappa shape index (κ2) is 14.8. The summed E-state index contributed by atoms with van der Waals surface area (Å²) in [5.41, 5.74) is 0.386. The fraction of sp³-hybridized carbons (Fsp3) is 0.179. The molecule has 0 aliphatic carbocycles. The van der Waals surface area contributed by atoms with Crippen LogP contribution in [0.4, 0.5) is 8.78 Å². The van der Waals surface area contributed by atoms with E-state index >= 15 is 0 Å². The van der Waals surface area contributed by atoms with Crippen LogP contribution in [0.15, 0.2) is 119 Å². The molecule has 11 nitrogen and oxygen atoms in total. The summed E-state index contributed by atoms with van der Waals surface area (Å²) in [4.78, 5) is 43.5. The van der Waals surface area contributed by atoms with Crippen LogP contribution < -0.4 is 15.6 Å². The first-order chi connectivity index (χ1) is 25.2. The molecule has 6 aromatic rings. The number of nitrogens with zero attached hydrogens (tertiary/aromatic N) is 3. The number of carbonyl (C=O) groups is 2. The Balaban J connectivity index is 1.33. The van der Waals surface area contributed by atoms with Crippen molar-refractivity contribution < 1.29 is 36.3 Å². The Morgan fingerprint density at radius 2 is 1.66 bits per heavy atom. The smallest absolute Gasteiger partial charge is 0.344 e. The van der Waals surface area contributed by atoms with Gasteiger partial charge in [-0.05, 0) is 104 Å². The van der Waals surface area contributed by atoms with Crippen LogP contribution in [0, 0.1) is 11.6 Å². The average molecular weight is 741 g/mol. The summed E-state index contributed by atoms with van der Waals surface area (Å²) in [6.45, 7) is 4.54. The Hall–Kier alpha value is -6.15. The normalized spacial score (nSPS) is 11.7. The third-order valence-corrected chi connectivity index (χ3v) is 9.60. The zero-order valence-corrected chi connectivity index (χ0v) is 29.7. The molecule has 272 valence electrons. The fourth-order valence-electron chi connectivity index (χ4n) is 5.61. The van der Waals surface area contributed by atoms with E-state index in [1.54, 1.807) is 69.3 Å². The van der Waals surface area contributed by atoms with Crippen molar-refractivity contribution >= 4 is 32.9 Å². The van der Waals surface area contributed by atoms with Gasteiger partial charge in [-0.3, -0.25) is 9.59 Å². The summed E-state index contributed by atoms with van der Waals surface area (Å²) in [5.74, 6) is -3.17. The van der Waals surface area contributed by atoms with Crippen LogP contribution in [0.5, 0.6) is 5.75 Å². The van der Waals surface area contributed by atoms with Gasteiger partial charge in [0.15, 0.2) is 23.9 Å². The van der Waals surface area contributed by atoms with Gasteiger partial charge in [-0.1, -0.05) is 24.3 Å². The molecule has 0 unspecified atom stereocenters. The minimum Gasteiger partial charge on any atom is -0.482 e. The van der Waals surface area contributed by atoms with E-state index in [9.17, 15) is 31.6 Å². The van der Waals surface area contributed by atoms with E-state index in [4.69, 9.17) is 9.47 Å². The van der Waals surface area contributed by atoms with E-state index < -0.39 is 51.3 Å². The minimum atomic E-state index is -4.06. The zero-order chi connectivity index (χ0) is 37.9. The molecule has 0 saturated carbocycles. The molecular weight excluding hydrogens is 707 g/mol. The molecule has 53 heavy (non-hydrogen) atoms. The molecule has 0 radical (unpaired) electrons. The third-order valence-electron chi connectivity index (χ3n) is 7.94. The van der Waals surface area contributed by atoms with Crippen LogP contribution >= 0.6 is 0 Å². The second-order valence-electron chi connectivity index (χ2n) is 13.1. The average Bonchev–Trinajstić information content (AvgIpc) is 3.53. The number of carbonyl (C=O) groups excluding carboxylic acids is 2. The van der Waals surface area contributed by atoms with Gasteiger partial charge in [0.05, 0.1) is 11.4 Å². The molecular formula is C39H34F2N4O7S. The number of ether oxygens (including phenoxy) is 2. The highest BCUT2D eigenvalue weighted by molar-refractivity contribution is 7.90. The third kappa shape index (κ3) is 8.33. The summed E-state index contributed by atoms with van der Waals surface area (Å²) < 4.78 is 68.2. The van der Waals surface area contributed by atoms with Crippen LogP contribution in [0.3, 0.4) is 0 Å². The largest absolute Gasteiger partial charge is 0.482 e. The molecule has 0 saturated heterocycles. The number of fused-ring (bicyclic) bond motifs is 1. The summed E-state index contributed by atoms with van der Waals surface area (Å²) in [7, 11) is -4.06. The lowest BCUT2D eigenvalue weighted by Gasteiger charge is -2.19. The highest BCUT2D eigenvalue weighted by Crippen LogP contribution is 2.35. The van der Waals surface area contributed by atoms with E-state index in [0.717, 1.165) is 16.1 Å². The highest BCUT2D eigenvalue weighted by atomic mass is 32.2. The molecule has 1 amide bonds. The van der Waals surface area contributed by atoms with Crippen LogP contribution in [0.1, 0.15) is 42.3 Å². The van der Waals surface area contributed by atoms with Crippen molar-refractivity contribution in [2.24, 2.45) is 0 Å². The lowest BCUT2D eigenvalue weighted by molar-refractivity contribution is -0.157. The molecule has 3 aromatic heterocycles. The van der Waals surface area contributed by atoms with Gasteiger partial charge in [-0.15, -0.1) is 0 Å². The number of amides is 1. The van der Waals surface area contributed by atoms with Gasteiger partial charge in [0.1, 0.15) is 16.9 Å². The van der Waals surface area contributed by atoms with Gasteiger partial charge in [-0.25, -0.2) is 30.9 Å². The molecule has 0 fully saturated rings. The Morgan fingerprint density at radius 1 is 0.887 bits per heavy atom. The highest BCUT2D eigenvalue weighted by Gasteiger charge is 2.24. The molecule has 3 heterocycles. The second-order valence-corrected chi connectivity index (χ2v) is 14.9. The molecule has 1 N–H and O–H groups in total. The molecule has 0 aliphatic rings. The number of nitrogens with one attached hydrogen (secondary N) is 1. The summed E-state index contributed by atoms with van der Waals surface area (Å²) in [6, 6.07) is 22.4. The van der Waals surface area contributed by atoms with Gasteiger partial charge < -0.3 is 19.4 Å². The quantitative estimate of drug-likeness (QED) is 0.158. The zero-order valence-electron chi connectivity index (χ0n) is 28.9. The van der Waals surface area contributed by atoms with Crippen molar-refractivity contribution in [1.29, 1.82) is 0 Å². The van der Waals surface area contributed by atoms with Crippen molar-refractivity contribution in [2.45, 2.75) is 44.4 Å². The van der Waals surface area contributed by atoms with E-state index in [2.05, 4.69) is 10.3 Å². The van der Waals surface area contributed by atoms with E-state index in [1.807, 2.05) is 0 Å². The van der Waals surface area contributed by atoms with Crippen LogP contribution in [-0.4, -0.2) is 46.0 Å². The van der Waals surface area contributed by atoms with Crippen LogP contribution in [0.25, 0.3) is 22.2 Å². The standard InChI is InChI=1S/C39H34F2N4O7S/c1-39(2,3)52-35(46)24-51-28-18-26(21-43-37(47)31-12-8-16-44(38(31)48)22-25-13-14-33(40)34(41)19-25)17-27(20-28)32-23-45(36-30(32)11-7-15-42-36)53(49,50)29-9-5-4-6-10-29/h4-20,23H,21-22,24H2,1-3H3,(H,43,47). The number of esters is 1. The van der Waals surface area contributed by atoms with Crippen LogP contribution in [-0.2, 0) is 32.6 Å². The number of aromatic nitrogens is 3. The number of pyridine rings is 2. The number of halogens is 2. The maximum Gasteiger partial charge on any atom is 0.344 e. The van der Waals surface area contributed by atoms with Gasteiger partial charge in [-0.2, -0.15) is 0 Å². The lowest BCUT2D eigenvalue weighted by atomic mass is 10.0. The number of hydrogen-bond donors (Lipinski definition) is 1. The monoisotopic (exact) mass is 740 g/mol. The van der Waals surface area contributed by atoms with Gasteiger partial charge in [0.2, 0.25) is 0 Å². The first-order valence-corrected chi connectivity index (χ1v) is 17.8. The van der Waals surface area contributed by atoms with E-state index in [0.29, 0.717) is 27.6 Å². The van der Waals surface area contributed by atoms with Crippen molar-refractivity contribution in [3.8, 4) is 16.9 Å². The molecule has 0 atom stereocenters. The molecule has 14 heteroatoms. The molecule has 0 spiro atoms. The molecule has 0 aliphatic heterocycles. The Kier molecular flexibility index (Phi) is 10.3. The maximum atomic E-state index is 13.8. The maximum absolute atomic E-state index is 13.8. The first-order valence-electron chi connectivity index (χ1n) is 16.4. The van der Waals surface area contributed by atoms with Gasteiger partial charge >= 0.3 is 5.97 Å². The number of rotatable bonds is 11. The summed E-state index contributed by atoms with van der Waals surface area (Å²) >= 11 is 0. The fourth-order valence-corrected chi connectivity index (χ4v) is 6.96. The number of benzene rings is 3. The SMILES string of the molecule is CC(C)(C)OC(=O)COc1cc(CNC(=O)c2cccn(Cc3ccc(F)c(F)c3)c2=O)cc(-c2cn(S(=O)(=O)c3ccccc3)c3ncccc23)c1. The van der Waals surface area contributed by atoms with E-state index in [-0.39, 0.29) is 34.9 Å². The van der Waals surface area contributed by atoms with Crippen molar-refractivity contribution in [3.05, 3.63) is 148 Å². The predicted molar refractivity (Wildman–Crippen MR) is 193 cm³/mol. The van der Waals surface area contributed by atoms with Crippen molar-refractivity contribution in [2.75, 3.05) is 6.61 Å².